The highest BCUT2D eigenvalue weighted by Crippen LogP contribution is 2.28. The van der Waals surface area contributed by atoms with E-state index in [4.69, 9.17) is 11.6 Å². The van der Waals surface area contributed by atoms with Crippen LogP contribution in [0.2, 0.25) is 5.02 Å². The van der Waals surface area contributed by atoms with Crippen LogP contribution >= 0.6 is 11.6 Å². The molecule has 29 heavy (non-hydrogen) atoms. The molecule has 0 saturated carbocycles. The SMILES string of the molecule is O=C(c1ccccc1[N+](=O)[O-])N(Cc1ccccc1[N+](=O)[O-])c1ccc(Cl)cc1. The molecule has 9 heteroatoms. The van der Waals surface area contributed by atoms with Crippen molar-refractivity contribution in [3.05, 3.63) is 109 Å². The van der Waals surface area contributed by atoms with Gasteiger partial charge < -0.3 is 4.90 Å². The topological polar surface area (TPSA) is 107 Å². The van der Waals surface area contributed by atoms with Gasteiger partial charge >= 0.3 is 0 Å². The zero-order valence-corrected chi connectivity index (χ0v) is 15.7. The summed E-state index contributed by atoms with van der Waals surface area (Å²) in [7, 11) is 0. The van der Waals surface area contributed by atoms with Crippen LogP contribution < -0.4 is 4.90 Å². The van der Waals surface area contributed by atoms with Gasteiger partial charge in [0.15, 0.2) is 0 Å². The monoisotopic (exact) mass is 411 g/mol. The first kappa shape index (κ1) is 20.0. The van der Waals surface area contributed by atoms with Crippen molar-refractivity contribution in [2.75, 3.05) is 4.90 Å². The minimum absolute atomic E-state index is 0.119. The maximum atomic E-state index is 13.3. The van der Waals surface area contributed by atoms with Gasteiger partial charge in [-0.3, -0.25) is 25.0 Å². The molecule has 0 fully saturated rings. The number of hydrogen-bond acceptors (Lipinski definition) is 5. The lowest BCUT2D eigenvalue weighted by atomic mass is 10.1. The summed E-state index contributed by atoms with van der Waals surface area (Å²) in [5.41, 5.74) is 0.0713. The van der Waals surface area contributed by atoms with Gasteiger partial charge in [0.25, 0.3) is 17.3 Å². The second kappa shape index (κ2) is 8.49. The molecule has 0 aliphatic heterocycles. The van der Waals surface area contributed by atoms with Crippen LogP contribution in [0.25, 0.3) is 0 Å². The van der Waals surface area contributed by atoms with E-state index in [1.807, 2.05) is 0 Å². The van der Waals surface area contributed by atoms with Crippen LogP contribution in [0.1, 0.15) is 15.9 Å². The van der Waals surface area contributed by atoms with Crippen molar-refractivity contribution in [1.82, 2.24) is 0 Å². The van der Waals surface area contributed by atoms with E-state index in [1.165, 1.54) is 47.4 Å². The molecule has 1 amide bonds. The summed E-state index contributed by atoms with van der Waals surface area (Å²) in [5, 5.41) is 23.2. The lowest BCUT2D eigenvalue weighted by Crippen LogP contribution is -2.31. The number of benzene rings is 3. The smallest absolute Gasteiger partial charge is 0.282 e. The molecule has 0 aromatic heterocycles. The molecular weight excluding hydrogens is 398 g/mol. The van der Waals surface area contributed by atoms with Gasteiger partial charge in [0.05, 0.1) is 16.4 Å². The van der Waals surface area contributed by atoms with Gasteiger partial charge in [-0.15, -0.1) is 0 Å². The predicted molar refractivity (Wildman–Crippen MR) is 108 cm³/mol. The molecule has 8 nitrogen and oxygen atoms in total. The molecule has 0 unspecified atom stereocenters. The third-order valence-corrected chi connectivity index (χ3v) is 4.48. The van der Waals surface area contributed by atoms with Crippen LogP contribution in [-0.2, 0) is 6.54 Å². The maximum Gasteiger partial charge on any atom is 0.282 e. The molecule has 3 rings (SSSR count). The number of hydrogen-bond donors (Lipinski definition) is 0. The molecular formula is C20H14ClN3O5. The highest BCUT2D eigenvalue weighted by atomic mass is 35.5. The maximum absolute atomic E-state index is 13.3. The largest absolute Gasteiger partial charge is 0.303 e. The molecule has 0 aliphatic rings. The molecule has 0 radical (unpaired) electrons. The summed E-state index contributed by atoms with van der Waals surface area (Å²) >= 11 is 5.92. The zero-order valence-electron chi connectivity index (χ0n) is 14.9. The molecule has 3 aromatic carbocycles. The number of rotatable bonds is 6. The van der Waals surface area contributed by atoms with Crippen LogP contribution in [-0.4, -0.2) is 15.8 Å². The minimum Gasteiger partial charge on any atom is -0.303 e. The van der Waals surface area contributed by atoms with Crippen molar-refractivity contribution in [1.29, 1.82) is 0 Å². The molecule has 0 saturated heterocycles. The predicted octanol–water partition coefficient (Wildman–Crippen LogP) is 5.00. The lowest BCUT2D eigenvalue weighted by Gasteiger charge is -2.23. The number of nitrogens with zero attached hydrogens (tertiary/aromatic N) is 3. The van der Waals surface area contributed by atoms with Crippen LogP contribution in [0, 0.1) is 20.2 Å². The first-order valence-corrected chi connectivity index (χ1v) is 8.79. The minimum atomic E-state index is -0.655. The van der Waals surface area contributed by atoms with Gasteiger partial charge in [-0.2, -0.15) is 0 Å². The van der Waals surface area contributed by atoms with Gasteiger partial charge in [0, 0.05) is 28.4 Å². The first-order chi connectivity index (χ1) is 13.9. The normalized spacial score (nSPS) is 10.4. The quantitative estimate of drug-likeness (QED) is 0.419. The Hall–Kier alpha value is -3.78. The van der Waals surface area contributed by atoms with E-state index in [0.29, 0.717) is 16.3 Å². The zero-order chi connectivity index (χ0) is 21.0. The van der Waals surface area contributed by atoms with Gasteiger partial charge in [-0.1, -0.05) is 41.9 Å². The van der Waals surface area contributed by atoms with Crippen molar-refractivity contribution in [2.24, 2.45) is 0 Å². The van der Waals surface area contributed by atoms with E-state index >= 15 is 0 Å². The molecule has 0 N–H and O–H groups in total. The van der Waals surface area contributed by atoms with E-state index in [2.05, 4.69) is 0 Å². The summed E-state index contributed by atoms with van der Waals surface area (Å²) in [6.45, 7) is -0.149. The Labute approximate surface area is 170 Å². The number of anilines is 1. The van der Waals surface area contributed by atoms with Gasteiger partial charge in [-0.25, -0.2) is 0 Å². The van der Waals surface area contributed by atoms with Crippen molar-refractivity contribution in [3.8, 4) is 0 Å². The van der Waals surface area contributed by atoms with Gasteiger partial charge in [0.2, 0.25) is 0 Å². The van der Waals surface area contributed by atoms with Crippen molar-refractivity contribution in [3.63, 3.8) is 0 Å². The van der Waals surface area contributed by atoms with Crippen LogP contribution in [0.3, 0.4) is 0 Å². The Bertz CT molecular complexity index is 1090. The van der Waals surface area contributed by atoms with Gasteiger partial charge in [0.1, 0.15) is 5.56 Å². The van der Waals surface area contributed by atoms with Crippen molar-refractivity contribution >= 4 is 34.6 Å². The molecule has 0 spiro atoms. The van der Waals surface area contributed by atoms with Crippen LogP contribution in [0.5, 0.6) is 0 Å². The summed E-state index contributed by atoms with van der Waals surface area (Å²) in [5.74, 6) is -0.655. The van der Waals surface area contributed by atoms with E-state index in [0.717, 1.165) is 0 Å². The molecule has 3 aromatic rings. The number of nitro benzene ring substituents is 2. The number of amides is 1. The third kappa shape index (κ3) is 4.39. The van der Waals surface area contributed by atoms with E-state index in [1.54, 1.807) is 30.3 Å². The Morgan fingerprint density at radius 3 is 2.00 bits per heavy atom. The Morgan fingerprint density at radius 1 is 0.828 bits per heavy atom. The fourth-order valence-corrected chi connectivity index (χ4v) is 2.98. The number of carbonyl (C=O) groups excluding carboxylic acids is 1. The number of nitro groups is 2. The lowest BCUT2D eigenvalue weighted by molar-refractivity contribution is -0.385. The standard InChI is InChI=1S/C20H14ClN3O5/c21-15-9-11-16(12-10-15)22(13-14-5-1-3-7-18(14)23(26)27)20(25)17-6-2-4-8-19(17)24(28)29/h1-12H,13H2. The third-order valence-electron chi connectivity index (χ3n) is 4.23. The Balaban J connectivity index is 2.10. The van der Waals surface area contributed by atoms with Gasteiger partial charge in [-0.05, 0) is 30.3 Å². The molecule has 146 valence electrons. The molecule has 0 aliphatic carbocycles. The number of halogens is 1. The van der Waals surface area contributed by atoms with Crippen molar-refractivity contribution < 1.29 is 14.6 Å². The van der Waals surface area contributed by atoms with E-state index in [9.17, 15) is 25.0 Å². The summed E-state index contributed by atoms with van der Waals surface area (Å²) in [4.78, 5) is 36.1. The van der Waals surface area contributed by atoms with E-state index < -0.39 is 15.8 Å². The fraction of sp³-hybridized carbons (Fsp3) is 0.0500. The average Bonchev–Trinajstić information content (AvgIpc) is 2.72. The molecule has 0 bridgehead atoms. The highest BCUT2D eigenvalue weighted by Gasteiger charge is 2.27. The van der Waals surface area contributed by atoms with Crippen LogP contribution in [0.4, 0.5) is 17.1 Å². The number of para-hydroxylation sites is 2. The Morgan fingerprint density at radius 2 is 1.38 bits per heavy atom. The fourth-order valence-electron chi connectivity index (χ4n) is 2.85. The molecule has 0 atom stereocenters. The molecule has 0 heterocycles. The van der Waals surface area contributed by atoms with Crippen molar-refractivity contribution in [2.45, 2.75) is 6.54 Å². The number of carbonyl (C=O) groups is 1. The average molecular weight is 412 g/mol. The summed E-state index contributed by atoms with van der Waals surface area (Å²) in [6, 6.07) is 17.9. The first-order valence-electron chi connectivity index (χ1n) is 8.41. The van der Waals surface area contributed by atoms with E-state index in [-0.39, 0.29) is 23.5 Å². The van der Waals surface area contributed by atoms with Crippen LogP contribution in [0.15, 0.2) is 72.8 Å². The highest BCUT2D eigenvalue weighted by molar-refractivity contribution is 6.30. The second-order valence-corrected chi connectivity index (χ2v) is 6.46. The summed E-state index contributed by atoms with van der Waals surface area (Å²) < 4.78 is 0. The second-order valence-electron chi connectivity index (χ2n) is 6.03. The summed E-state index contributed by atoms with van der Waals surface area (Å²) in [6.07, 6.45) is 0. The Kier molecular flexibility index (Phi) is 5.85.